The van der Waals surface area contributed by atoms with Gasteiger partial charge >= 0.3 is 5.97 Å². The normalized spacial score (nSPS) is 14.6. The third kappa shape index (κ3) is 1.71. The van der Waals surface area contributed by atoms with Gasteiger partial charge in [-0.1, -0.05) is 18.2 Å². The summed E-state index contributed by atoms with van der Waals surface area (Å²) in [5.41, 5.74) is -3.37. The van der Waals surface area contributed by atoms with Gasteiger partial charge in [0.1, 0.15) is 5.82 Å². The Morgan fingerprint density at radius 1 is 1.43 bits per heavy atom. The lowest BCUT2D eigenvalue weighted by Crippen LogP contribution is -2.28. The highest BCUT2D eigenvalue weighted by Crippen LogP contribution is 2.29. The number of carbonyl (C=O) groups excluding carboxylic acids is 1. The molecule has 0 fully saturated rings. The Balaban J connectivity index is 3.16. The maximum absolute atomic E-state index is 13.5. The molecule has 0 N–H and O–H groups in total. The highest BCUT2D eigenvalue weighted by Gasteiger charge is 2.40. The van der Waals surface area contributed by atoms with Crippen molar-refractivity contribution in [2.24, 2.45) is 0 Å². The van der Waals surface area contributed by atoms with Crippen molar-refractivity contribution in [3.63, 3.8) is 0 Å². The van der Waals surface area contributed by atoms with Gasteiger partial charge in [0.15, 0.2) is 0 Å². The minimum absolute atomic E-state index is 0.553. The number of carbonyl (C=O) groups is 1. The lowest BCUT2D eigenvalue weighted by molar-refractivity contribution is -0.198. The summed E-state index contributed by atoms with van der Waals surface area (Å²) in [7, 11) is 0. The van der Waals surface area contributed by atoms with E-state index in [-0.39, 0.29) is 0 Å². The Kier molecular flexibility index (Phi) is 2.78. The van der Waals surface area contributed by atoms with Crippen LogP contribution in [0.25, 0.3) is 0 Å². The third-order valence-corrected chi connectivity index (χ3v) is 1.83. The zero-order chi connectivity index (χ0) is 10.8. The molecule has 0 aromatic heterocycles. The first kappa shape index (κ1) is 10.6. The fraction of sp³-hybridized carbons (Fsp3) is 0.222. The first-order chi connectivity index (χ1) is 6.50. The van der Waals surface area contributed by atoms with E-state index in [2.05, 4.69) is 4.94 Å². The van der Waals surface area contributed by atoms with E-state index < -0.39 is 23.0 Å². The van der Waals surface area contributed by atoms with Gasteiger partial charge in [0.25, 0.3) is 0 Å². The summed E-state index contributed by atoms with van der Waals surface area (Å²) in [4.78, 5) is 13.4. The number of hydrogen-bond acceptors (Lipinski definition) is 2. The van der Waals surface area contributed by atoms with Crippen molar-refractivity contribution >= 4 is 5.97 Å². The molecule has 0 saturated carbocycles. The molecule has 0 heterocycles. The van der Waals surface area contributed by atoms with E-state index in [1.165, 1.54) is 12.1 Å². The summed E-state index contributed by atoms with van der Waals surface area (Å²) in [5, 5.41) is 0. The Labute approximate surface area is 78.2 Å². The summed E-state index contributed by atoms with van der Waals surface area (Å²) in [6.07, 6.45) is 0. The Bertz CT molecular complexity index is 350. The molecule has 1 atom stereocenters. The summed E-state index contributed by atoms with van der Waals surface area (Å²) in [5.74, 6) is -2.70. The summed E-state index contributed by atoms with van der Waals surface area (Å²) in [6.45, 7) is 0.729. The minimum atomic E-state index is -2.82. The molecular weight excluding hydrogens is 197 g/mol. The predicted molar refractivity (Wildman–Crippen MR) is 42.1 cm³/mol. The molecule has 0 aliphatic heterocycles. The zero-order valence-electron chi connectivity index (χ0n) is 7.26. The van der Waals surface area contributed by atoms with Crippen LogP contribution in [0.4, 0.5) is 13.3 Å². The summed E-state index contributed by atoms with van der Waals surface area (Å²) >= 11 is 0. The summed E-state index contributed by atoms with van der Waals surface area (Å²) in [6, 6.07) is 4.68. The number of halogens is 3. The molecule has 2 nitrogen and oxygen atoms in total. The third-order valence-electron chi connectivity index (χ3n) is 1.83. The highest BCUT2D eigenvalue weighted by molar-refractivity contribution is 5.80. The Morgan fingerprint density at radius 2 is 2.00 bits per heavy atom. The van der Waals surface area contributed by atoms with Crippen molar-refractivity contribution in [2.75, 3.05) is 0 Å². The van der Waals surface area contributed by atoms with Crippen LogP contribution in [0.2, 0.25) is 0 Å². The van der Waals surface area contributed by atoms with E-state index in [0.717, 1.165) is 19.1 Å². The first-order valence-electron chi connectivity index (χ1n) is 3.77. The zero-order valence-corrected chi connectivity index (χ0v) is 7.26. The maximum Gasteiger partial charge on any atom is 0.390 e. The van der Waals surface area contributed by atoms with Gasteiger partial charge in [0.05, 0.1) is 0 Å². The molecule has 1 aromatic rings. The van der Waals surface area contributed by atoms with Crippen molar-refractivity contribution in [2.45, 2.75) is 12.6 Å². The highest BCUT2D eigenvalue weighted by atomic mass is 19.3. The van der Waals surface area contributed by atoms with Gasteiger partial charge in [0.2, 0.25) is 5.67 Å². The van der Waals surface area contributed by atoms with Crippen molar-refractivity contribution in [3.05, 3.63) is 35.6 Å². The fourth-order valence-corrected chi connectivity index (χ4v) is 1.02. The predicted octanol–water partition coefficient (Wildman–Crippen LogP) is 2.44. The van der Waals surface area contributed by atoms with Crippen LogP contribution in [-0.4, -0.2) is 5.97 Å². The van der Waals surface area contributed by atoms with Gasteiger partial charge in [-0.3, -0.25) is 4.94 Å². The second-order valence-corrected chi connectivity index (χ2v) is 2.85. The molecule has 5 heteroatoms. The van der Waals surface area contributed by atoms with Crippen molar-refractivity contribution in [3.8, 4) is 0 Å². The molecule has 1 unspecified atom stereocenters. The van der Waals surface area contributed by atoms with Crippen LogP contribution in [-0.2, 0) is 15.4 Å². The summed E-state index contributed by atoms with van der Waals surface area (Å²) < 4.78 is 38.0. The van der Waals surface area contributed by atoms with Crippen LogP contribution in [0.15, 0.2) is 24.3 Å². The molecule has 0 radical (unpaired) electrons. The SMILES string of the molecule is CC(F)(C(=O)OF)c1ccccc1F. The topological polar surface area (TPSA) is 26.3 Å². The standard InChI is InChI=1S/C9H7F3O2/c1-9(11,8(13)14-12)6-4-2-3-5-7(6)10/h2-5H,1H3. The van der Waals surface area contributed by atoms with Crippen LogP contribution >= 0.6 is 0 Å². The molecule has 0 aliphatic rings. The van der Waals surface area contributed by atoms with E-state index in [1.807, 2.05) is 0 Å². The average Bonchev–Trinajstić information content (AvgIpc) is 2.17. The van der Waals surface area contributed by atoms with Gasteiger partial charge in [-0.15, -0.1) is 0 Å². The molecule has 0 saturated heterocycles. The van der Waals surface area contributed by atoms with E-state index in [0.29, 0.717) is 0 Å². The molecule has 76 valence electrons. The quantitative estimate of drug-likeness (QED) is 0.739. The lowest BCUT2D eigenvalue weighted by Gasteiger charge is -2.15. The van der Waals surface area contributed by atoms with E-state index in [4.69, 9.17) is 0 Å². The molecule has 0 amide bonds. The molecule has 14 heavy (non-hydrogen) atoms. The minimum Gasteiger partial charge on any atom is -0.251 e. The smallest absolute Gasteiger partial charge is 0.251 e. The molecule has 0 bridgehead atoms. The number of hydrogen-bond donors (Lipinski definition) is 0. The van der Waals surface area contributed by atoms with Crippen LogP contribution in [0, 0.1) is 5.82 Å². The van der Waals surface area contributed by atoms with Gasteiger partial charge in [-0.25, -0.2) is 13.6 Å². The van der Waals surface area contributed by atoms with Crippen molar-refractivity contribution in [1.29, 1.82) is 0 Å². The Morgan fingerprint density at radius 3 is 2.50 bits per heavy atom. The van der Waals surface area contributed by atoms with E-state index >= 15 is 0 Å². The largest absolute Gasteiger partial charge is 0.390 e. The lowest BCUT2D eigenvalue weighted by atomic mass is 9.98. The van der Waals surface area contributed by atoms with Crippen molar-refractivity contribution in [1.82, 2.24) is 0 Å². The molecular formula is C9H7F3O2. The second-order valence-electron chi connectivity index (χ2n) is 2.85. The van der Waals surface area contributed by atoms with Crippen LogP contribution in [0.1, 0.15) is 12.5 Å². The maximum atomic E-state index is 13.5. The van der Waals surface area contributed by atoms with Gasteiger partial charge < -0.3 is 0 Å². The molecule has 1 rings (SSSR count). The fourth-order valence-electron chi connectivity index (χ4n) is 1.02. The van der Waals surface area contributed by atoms with Crippen LogP contribution in [0.3, 0.4) is 0 Å². The number of alkyl halides is 1. The van der Waals surface area contributed by atoms with Crippen molar-refractivity contribution < 1.29 is 23.0 Å². The number of rotatable bonds is 2. The van der Waals surface area contributed by atoms with Crippen LogP contribution < -0.4 is 0 Å². The molecule has 1 aromatic carbocycles. The first-order valence-corrected chi connectivity index (χ1v) is 3.77. The Hall–Kier alpha value is -1.52. The average molecular weight is 204 g/mol. The van der Waals surface area contributed by atoms with E-state index in [1.54, 1.807) is 0 Å². The monoisotopic (exact) mass is 204 g/mol. The van der Waals surface area contributed by atoms with Crippen LogP contribution in [0.5, 0.6) is 0 Å². The second kappa shape index (κ2) is 3.69. The van der Waals surface area contributed by atoms with E-state index in [9.17, 15) is 18.1 Å². The number of benzene rings is 1. The van der Waals surface area contributed by atoms with Gasteiger partial charge in [-0.05, 0) is 13.0 Å². The van der Waals surface area contributed by atoms with Gasteiger partial charge in [0, 0.05) is 10.1 Å². The molecule has 0 aliphatic carbocycles. The molecule has 0 spiro atoms. The van der Waals surface area contributed by atoms with Gasteiger partial charge in [-0.2, -0.15) is 0 Å².